The number of carbonyl (C=O) groups excluding carboxylic acids is 2. The highest BCUT2D eigenvalue weighted by molar-refractivity contribution is 6.10. The average Bonchev–Trinajstić information content (AvgIpc) is 3.53. The molecule has 198 valence electrons. The second-order valence-electron chi connectivity index (χ2n) is 10.6. The van der Waals surface area contributed by atoms with Crippen molar-refractivity contribution in [3.63, 3.8) is 0 Å². The van der Waals surface area contributed by atoms with Crippen LogP contribution in [0.3, 0.4) is 0 Å². The van der Waals surface area contributed by atoms with E-state index in [4.69, 9.17) is 4.98 Å². The van der Waals surface area contributed by atoms with E-state index in [2.05, 4.69) is 32.9 Å². The summed E-state index contributed by atoms with van der Waals surface area (Å²) in [5.74, 6) is 1.61. The van der Waals surface area contributed by atoms with Gasteiger partial charge in [0.25, 0.3) is 5.91 Å². The van der Waals surface area contributed by atoms with Crippen molar-refractivity contribution < 1.29 is 9.59 Å². The number of anilines is 1. The maximum absolute atomic E-state index is 14.0. The number of fused-ring (bicyclic) bond motifs is 3. The molecular weight excluding hydrogens is 492 g/mol. The number of aromatic nitrogens is 6. The van der Waals surface area contributed by atoms with Crippen LogP contribution >= 0.6 is 0 Å². The molecule has 1 saturated heterocycles. The molecular formula is C29H30N8O2. The van der Waals surface area contributed by atoms with E-state index in [9.17, 15) is 9.59 Å². The fourth-order valence-electron chi connectivity index (χ4n) is 6.36. The third-order valence-electron chi connectivity index (χ3n) is 8.38. The number of carbonyl (C=O) groups is 2. The molecule has 10 heteroatoms. The highest BCUT2D eigenvalue weighted by atomic mass is 16.2. The Morgan fingerprint density at radius 2 is 1.85 bits per heavy atom. The first-order valence-corrected chi connectivity index (χ1v) is 13.8. The zero-order valence-electron chi connectivity index (χ0n) is 22.4. The van der Waals surface area contributed by atoms with E-state index >= 15 is 0 Å². The Kier molecular flexibility index (Phi) is 5.30. The third-order valence-corrected chi connectivity index (χ3v) is 8.38. The number of imidazole rings is 1. The van der Waals surface area contributed by atoms with E-state index in [0.29, 0.717) is 43.1 Å². The molecule has 2 amide bonds. The molecule has 1 saturated carbocycles. The molecule has 0 bridgehead atoms. The summed E-state index contributed by atoms with van der Waals surface area (Å²) in [6.45, 7) is 7.73. The Hall–Kier alpha value is -4.21. The molecule has 5 heterocycles. The van der Waals surface area contributed by atoms with Crippen molar-refractivity contribution in [3.8, 4) is 22.6 Å². The molecule has 1 aromatic carbocycles. The van der Waals surface area contributed by atoms with Crippen LogP contribution in [0, 0.1) is 12.8 Å². The minimum Gasteiger partial charge on any atom is -0.324 e. The Morgan fingerprint density at radius 3 is 2.56 bits per heavy atom. The summed E-state index contributed by atoms with van der Waals surface area (Å²) in [4.78, 5) is 54.0. The van der Waals surface area contributed by atoms with Crippen molar-refractivity contribution >= 4 is 28.7 Å². The lowest BCUT2D eigenvalue weighted by atomic mass is 9.86. The minimum atomic E-state index is -0.944. The van der Waals surface area contributed by atoms with Gasteiger partial charge in [0.15, 0.2) is 5.65 Å². The van der Waals surface area contributed by atoms with Crippen LogP contribution in [0.15, 0.2) is 36.9 Å². The number of benzene rings is 1. The van der Waals surface area contributed by atoms with Gasteiger partial charge >= 0.3 is 0 Å². The number of rotatable bonds is 5. The average molecular weight is 523 g/mol. The van der Waals surface area contributed by atoms with Crippen molar-refractivity contribution in [1.29, 1.82) is 0 Å². The van der Waals surface area contributed by atoms with Gasteiger partial charge in [0.2, 0.25) is 5.91 Å². The SMILES string of the molecule is CCN1C(=O)[C@@]2(CCCN2C(=O)C2CC2)c2cc(-c3ncnc4c3nc(-c3cnc(C)nc3)n4CC)ccc21. The number of likely N-dealkylation sites (N-methyl/N-ethyl adjacent to an activating group) is 1. The summed E-state index contributed by atoms with van der Waals surface area (Å²) in [5.41, 5.74) is 4.59. The van der Waals surface area contributed by atoms with Gasteiger partial charge in [-0.2, -0.15) is 0 Å². The fourth-order valence-corrected chi connectivity index (χ4v) is 6.36. The van der Waals surface area contributed by atoms with Gasteiger partial charge in [-0.15, -0.1) is 0 Å². The van der Waals surface area contributed by atoms with Crippen LogP contribution in [0.4, 0.5) is 5.69 Å². The van der Waals surface area contributed by atoms with Crippen LogP contribution in [0.25, 0.3) is 33.8 Å². The molecule has 3 aromatic heterocycles. The van der Waals surface area contributed by atoms with Gasteiger partial charge < -0.3 is 14.4 Å². The van der Waals surface area contributed by atoms with Crippen LogP contribution in [-0.4, -0.2) is 59.3 Å². The van der Waals surface area contributed by atoms with Crippen molar-refractivity contribution in [2.75, 3.05) is 18.0 Å². The largest absolute Gasteiger partial charge is 0.324 e. The summed E-state index contributed by atoms with van der Waals surface area (Å²) in [5, 5.41) is 0. The predicted molar refractivity (Wildman–Crippen MR) is 146 cm³/mol. The van der Waals surface area contributed by atoms with Crippen molar-refractivity contribution in [2.45, 2.75) is 58.5 Å². The molecule has 1 spiro atoms. The molecule has 7 rings (SSSR count). The first-order chi connectivity index (χ1) is 19.0. The van der Waals surface area contributed by atoms with Gasteiger partial charge in [-0.05, 0) is 58.6 Å². The van der Waals surface area contributed by atoms with Crippen LogP contribution < -0.4 is 4.90 Å². The molecule has 0 unspecified atom stereocenters. The predicted octanol–water partition coefficient (Wildman–Crippen LogP) is 3.87. The highest BCUT2D eigenvalue weighted by Gasteiger charge is 2.59. The van der Waals surface area contributed by atoms with Crippen LogP contribution in [0.1, 0.15) is 50.9 Å². The van der Waals surface area contributed by atoms with E-state index < -0.39 is 5.54 Å². The van der Waals surface area contributed by atoms with E-state index in [0.717, 1.165) is 53.1 Å². The van der Waals surface area contributed by atoms with Gasteiger partial charge in [-0.25, -0.2) is 24.9 Å². The summed E-state index contributed by atoms with van der Waals surface area (Å²) in [7, 11) is 0. The summed E-state index contributed by atoms with van der Waals surface area (Å²) in [6, 6.07) is 6.05. The lowest BCUT2D eigenvalue weighted by Crippen LogP contribution is -2.52. The maximum atomic E-state index is 14.0. The monoisotopic (exact) mass is 522 g/mol. The summed E-state index contributed by atoms with van der Waals surface area (Å²) in [6.07, 6.45) is 8.39. The molecule has 1 aliphatic carbocycles. The van der Waals surface area contributed by atoms with Gasteiger partial charge in [-0.3, -0.25) is 9.59 Å². The molecule has 4 aromatic rings. The Morgan fingerprint density at radius 1 is 1.05 bits per heavy atom. The third kappa shape index (κ3) is 3.36. The smallest absolute Gasteiger partial charge is 0.257 e. The number of amides is 2. The quantitative estimate of drug-likeness (QED) is 0.391. The topological polar surface area (TPSA) is 110 Å². The maximum Gasteiger partial charge on any atom is 0.257 e. The second-order valence-corrected chi connectivity index (χ2v) is 10.6. The first kappa shape index (κ1) is 23.9. The van der Waals surface area contributed by atoms with Crippen LogP contribution in [-0.2, 0) is 21.7 Å². The number of aryl methyl sites for hydroxylation is 2. The first-order valence-electron chi connectivity index (χ1n) is 13.8. The van der Waals surface area contributed by atoms with Gasteiger partial charge in [0, 0.05) is 54.8 Å². The standard InChI is InChI=1S/C29H30N8O2/c1-4-35-22-10-9-19(13-21(22)29(28(35)39)11-6-12-37(29)27(38)18-7-8-18)23-24-26(33-16-32-23)36(5-2)25(34-24)20-14-30-17(3)31-15-20/h9-10,13-16,18H,4-8,11-12H2,1-3H3/t29-/m1/s1. The molecule has 2 aliphatic heterocycles. The van der Waals surface area contributed by atoms with Crippen molar-refractivity contribution in [1.82, 2.24) is 34.4 Å². The highest BCUT2D eigenvalue weighted by Crippen LogP contribution is 2.52. The fraction of sp³-hybridized carbons (Fsp3) is 0.414. The van der Waals surface area contributed by atoms with E-state index in [1.807, 2.05) is 40.3 Å². The van der Waals surface area contributed by atoms with E-state index in [1.165, 1.54) is 0 Å². The zero-order valence-corrected chi connectivity index (χ0v) is 22.4. The van der Waals surface area contributed by atoms with E-state index in [1.54, 1.807) is 18.7 Å². The molecule has 1 atom stereocenters. The molecule has 3 aliphatic rings. The van der Waals surface area contributed by atoms with Crippen LogP contribution in [0.5, 0.6) is 0 Å². The molecule has 39 heavy (non-hydrogen) atoms. The lowest BCUT2D eigenvalue weighted by molar-refractivity contribution is -0.144. The Bertz CT molecular complexity index is 1640. The van der Waals surface area contributed by atoms with Crippen molar-refractivity contribution in [2.24, 2.45) is 5.92 Å². The lowest BCUT2D eigenvalue weighted by Gasteiger charge is -2.34. The molecule has 10 nitrogen and oxygen atoms in total. The second kappa shape index (κ2) is 8.65. The Balaban J connectivity index is 1.40. The molecule has 0 radical (unpaired) electrons. The Labute approximate surface area is 226 Å². The number of hydrogen-bond donors (Lipinski definition) is 0. The van der Waals surface area contributed by atoms with Crippen LogP contribution in [0.2, 0.25) is 0 Å². The van der Waals surface area contributed by atoms with Crippen molar-refractivity contribution in [3.05, 3.63) is 48.3 Å². The van der Waals surface area contributed by atoms with Gasteiger partial charge in [0.1, 0.15) is 34.7 Å². The summed E-state index contributed by atoms with van der Waals surface area (Å²) >= 11 is 0. The minimum absolute atomic E-state index is 0.00778. The number of nitrogens with zero attached hydrogens (tertiary/aromatic N) is 8. The van der Waals surface area contributed by atoms with Gasteiger partial charge in [-0.1, -0.05) is 6.07 Å². The zero-order chi connectivity index (χ0) is 26.9. The molecule has 2 fully saturated rings. The normalized spacial score (nSPS) is 20.4. The number of hydrogen-bond acceptors (Lipinski definition) is 7. The van der Waals surface area contributed by atoms with E-state index in [-0.39, 0.29) is 17.7 Å². The molecule has 0 N–H and O–H groups in total. The number of likely N-dealkylation sites (tertiary alicyclic amines) is 1. The van der Waals surface area contributed by atoms with Gasteiger partial charge in [0.05, 0.1) is 5.56 Å². The summed E-state index contributed by atoms with van der Waals surface area (Å²) < 4.78 is 2.04.